The van der Waals surface area contributed by atoms with E-state index in [1.165, 1.54) is 13.1 Å². The fourth-order valence-corrected chi connectivity index (χ4v) is 6.41. The summed E-state index contributed by atoms with van der Waals surface area (Å²) in [5.41, 5.74) is -0.273. The van der Waals surface area contributed by atoms with Crippen LogP contribution in [0.2, 0.25) is 0 Å². The molecular weight excluding hydrogens is 590 g/mol. The summed E-state index contributed by atoms with van der Waals surface area (Å²) in [5, 5.41) is 0. The van der Waals surface area contributed by atoms with Gasteiger partial charge in [0.15, 0.2) is 18.6 Å². The van der Waals surface area contributed by atoms with Gasteiger partial charge in [0.1, 0.15) is 17.1 Å². The summed E-state index contributed by atoms with van der Waals surface area (Å²) in [7, 11) is 0.391. The fraction of sp³-hybridized carbons (Fsp3) is 0.312. The van der Waals surface area contributed by atoms with Crippen molar-refractivity contribution in [1.29, 1.82) is 0 Å². The summed E-state index contributed by atoms with van der Waals surface area (Å²) in [6.07, 6.45) is -3.51. The molecule has 2 N–H and O–H groups in total. The number of aromatic amines is 1. The SMILES string of the molecule is COc1ccc(C(OC[C@H]2O[C@@H](n3cc(C)c(=O)[nH]c3=O)[C@H](F)[C@@H]2C[P+](=O)O)(c2ccccc2)c2ccc(OC)cc2)cc1. The molecule has 4 aromatic rings. The van der Waals surface area contributed by atoms with E-state index in [1.54, 1.807) is 14.2 Å². The highest BCUT2D eigenvalue weighted by Gasteiger charge is 2.51. The van der Waals surface area contributed by atoms with Crippen molar-refractivity contribution in [2.75, 3.05) is 27.0 Å². The third-order valence-corrected chi connectivity index (χ3v) is 8.63. The van der Waals surface area contributed by atoms with Crippen LogP contribution in [0.5, 0.6) is 11.5 Å². The first-order valence-electron chi connectivity index (χ1n) is 13.9. The van der Waals surface area contributed by atoms with Gasteiger partial charge in [-0.15, -0.1) is 0 Å². The minimum atomic E-state index is -2.75. The summed E-state index contributed by atoms with van der Waals surface area (Å²) >= 11 is 0. The predicted molar refractivity (Wildman–Crippen MR) is 161 cm³/mol. The zero-order chi connectivity index (χ0) is 31.4. The Morgan fingerprint density at radius 1 is 0.932 bits per heavy atom. The van der Waals surface area contributed by atoms with Gasteiger partial charge >= 0.3 is 13.7 Å². The van der Waals surface area contributed by atoms with E-state index in [1.807, 2.05) is 78.9 Å². The number of aromatic nitrogens is 2. The molecule has 1 aliphatic heterocycles. The molecule has 1 saturated heterocycles. The second kappa shape index (κ2) is 13.2. The minimum Gasteiger partial charge on any atom is -0.497 e. The monoisotopic (exact) mass is 623 g/mol. The van der Waals surface area contributed by atoms with Crippen LogP contribution in [0.15, 0.2) is 94.6 Å². The number of nitrogens with zero attached hydrogens (tertiary/aromatic N) is 1. The lowest BCUT2D eigenvalue weighted by Gasteiger charge is -2.37. The standard InChI is InChI=1S/C32H32FN2O8P/c1-20-17-35(31(37)34-29(20)36)30-28(33)26(19-44(38)39)27(43-30)18-42-32(21-7-5-4-6-8-21,22-9-13-24(40-2)14-10-22)23-11-15-25(41-3)16-12-23/h4-17,26-28,30H,18-19H2,1-3H3,(H-,34,36,37,38,39)/p+1/t26-,27-,28-,30-/m1/s1. The molecule has 5 rings (SSSR count). The van der Waals surface area contributed by atoms with E-state index < -0.39 is 55.5 Å². The van der Waals surface area contributed by atoms with E-state index in [9.17, 15) is 19.0 Å². The Bertz CT molecular complexity index is 1660. The quantitative estimate of drug-likeness (QED) is 0.185. The lowest BCUT2D eigenvalue weighted by molar-refractivity contribution is -0.0866. The van der Waals surface area contributed by atoms with E-state index in [2.05, 4.69) is 4.98 Å². The van der Waals surface area contributed by atoms with Crippen LogP contribution >= 0.6 is 8.03 Å². The van der Waals surface area contributed by atoms with Crippen LogP contribution in [0.25, 0.3) is 0 Å². The molecule has 2 heterocycles. The van der Waals surface area contributed by atoms with Crippen molar-refractivity contribution in [3.63, 3.8) is 0 Å². The van der Waals surface area contributed by atoms with Gasteiger partial charge in [0.2, 0.25) is 0 Å². The molecule has 0 aliphatic carbocycles. The summed E-state index contributed by atoms with van der Waals surface area (Å²) < 4.78 is 52.7. The van der Waals surface area contributed by atoms with Crippen molar-refractivity contribution in [2.24, 2.45) is 5.92 Å². The summed E-state index contributed by atoms with van der Waals surface area (Å²) in [6, 6.07) is 24.2. The molecule has 3 aromatic carbocycles. The van der Waals surface area contributed by atoms with Crippen molar-refractivity contribution >= 4 is 8.03 Å². The molecule has 1 fully saturated rings. The summed E-state index contributed by atoms with van der Waals surface area (Å²) in [6.45, 7) is 1.27. The molecule has 230 valence electrons. The Labute approximate surface area is 253 Å². The number of H-pyrrole nitrogens is 1. The Morgan fingerprint density at radius 2 is 1.48 bits per heavy atom. The number of hydrogen-bond acceptors (Lipinski definition) is 7. The van der Waals surface area contributed by atoms with Gasteiger partial charge in [-0.3, -0.25) is 14.3 Å². The van der Waals surface area contributed by atoms with Crippen LogP contribution in [0.1, 0.15) is 28.5 Å². The average molecular weight is 624 g/mol. The maximum Gasteiger partial charge on any atom is 0.505 e. The molecule has 1 unspecified atom stereocenters. The normalized spacial score (nSPS) is 20.3. The lowest BCUT2D eigenvalue weighted by atomic mass is 9.80. The van der Waals surface area contributed by atoms with Gasteiger partial charge in [-0.2, -0.15) is 4.89 Å². The molecule has 0 spiro atoms. The maximum absolute atomic E-state index is 16.0. The largest absolute Gasteiger partial charge is 0.505 e. The number of ether oxygens (including phenoxy) is 4. The zero-order valence-corrected chi connectivity index (χ0v) is 25.3. The highest BCUT2D eigenvalue weighted by Crippen LogP contribution is 2.45. The van der Waals surface area contributed by atoms with E-state index in [-0.39, 0.29) is 12.2 Å². The van der Waals surface area contributed by atoms with Gasteiger partial charge < -0.3 is 18.9 Å². The van der Waals surface area contributed by atoms with Crippen LogP contribution < -0.4 is 20.7 Å². The maximum atomic E-state index is 16.0. The number of methoxy groups -OCH3 is 2. The van der Waals surface area contributed by atoms with Crippen molar-refractivity contribution < 1.29 is 32.8 Å². The van der Waals surface area contributed by atoms with Crippen LogP contribution in [0.3, 0.4) is 0 Å². The number of halogens is 1. The van der Waals surface area contributed by atoms with Gasteiger partial charge in [-0.1, -0.05) is 54.6 Å². The molecule has 5 atom stereocenters. The summed E-state index contributed by atoms with van der Waals surface area (Å²) in [5.74, 6) is 0.190. The van der Waals surface area contributed by atoms with E-state index in [0.717, 1.165) is 21.3 Å². The first kappa shape index (κ1) is 31.3. The summed E-state index contributed by atoms with van der Waals surface area (Å²) in [4.78, 5) is 36.6. The van der Waals surface area contributed by atoms with Crippen LogP contribution in [0, 0.1) is 12.8 Å². The smallest absolute Gasteiger partial charge is 0.497 e. The van der Waals surface area contributed by atoms with Gasteiger partial charge in [0.05, 0.1) is 32.8 Å². The number of aryl methyl sites for hydroxylation is 1. The number of hydrogen-bond donors (Lipinski definition) is 2. The molecule has 0 radical (unpaired) electrons. The Kier molecular flexibility index (Phi) is 9.41. The number of alkyl halides is 1. The Balaban J connectivity index is 1.60. The van der Waals surface area contributed by atoms with Crippen LogP contribution in [0.4, 0.5) is 4.39 Å². The van der Waals surface area contributed by atoms with Gasteiger partial charge in [0, 0.05) is 11.8 Å². The first-order valence-corrected chi connectivity index (χ1v) is 15.3. The molecule has 0 amide bonds. The topological polar surface area (TPSA) is 129 Å². The second-order valence-electron chi connectivity index (χ2n) is 10.5. The Morgan fingerprint density at radius 3 is 2.00 bits per heavy atom. The van der Waals surface area contributed by atoms with Crippen molar-refractivity contribution in [1.82, 2.24) is 9.55 Å². The number of rotatable bonds is 11. The third-order valence-electron chi connectivity index (χ3n) is 7.90. The van der Waals surface area contributed by atoms with Gasteiger partial charge in [-0.05, 0) is 52.4 Å². The number of benzene rings is 3. The molecular formula is C32H33FN2O8P+. The van der Waals surface area contributed by atoms with Crippen molar-refractivity contribution in [2.45, 2.75) is 31.0 Å². The number of nitrogens with one attached hydrogen (secondary N) is 1. The van der Waals surface area contributed by atoms with Gasteiger partial charge in [-0.25, -0.2) is 9.18 Å². The minimum absolute atomic E-state index is 0.187. The predicted octanol–water partition coefficient (Wildman–Crippen LogP) is 4.46. The van der Waals surface area contributed by atoms with E-state index >= 15 is 4.39 Å². The second-order valence-corrected chi connectivity index (χ2v) is 11.6. The highest BCUT2D eigenvalue weighted by molar-refractivity contribution is 7.38. The molecule has 0 bridgehead atoms. The molecule has 44 heavy (non-hydrogen) atoms. The third kappa shape index (κ3) is 6.09. The molecule has 10 nitrogen and oxygen atoms in total. The molecule has 0 saturated carbocycles. The van der Waals surface area contributed by atoms with E-state index in [0.29, 0.717) is 11.5 Å². The Hall–Kier alpha value is -4.15. The molecule has 1 aliphatic rings. The first-order chi connectivity index (χ1) is 21.2. The lowest BCUT2D eigenvalue weighted by Crippen LogP contribution is -2.38. The molecule has 1 aromatic heterocycles. The van der Waals surface area contributed by atoms with Crippen molar-refractivity contribution in [3.8, 4) is 11.5 Å². The van der Waals surface area contributed by atoms with Crippen LogP contribution in [-0.4, -0.2) is 53.7 Å². The van der Waals surface area contributed by atoms with Crippen LogP contribution in [-0.2, 0) is 19.6 Å². The zero-order valence-electron chi connectivity index (χ0n) is 24.4. The highest BCUT2D eigenvalue weighted by atomic mass is 31.1. The van der Waals surface area contributed by atoms with Crippen molar-refractivity contribution in [3.05, 3.63) is 128 Å². The van der Waals surface area contributed by atoms with Gasteiger partial charge in [0.25, 0.3) is 5.56 Å². The average Bonchev–Trinajstić information content (AvgIpc) is 3.34. The van der Waals surface area contributed by atoms with E-state index in [4.69, 9.17) is 18.9 Å². The molecule has 12 heteroatoms. The fourth-order valence-electron chi connectivity index (χ4n) is 5.61.